The molecule has 0 N–H and O–H groups in total. The second kappa shape index (κ2) is 3.85. The molecule has 0 aliphatic carbocycles. The molecule has 0 aromatic heterocycles. The van der Waals surface area contributed by atoms with Gasteiger partial charge in [0.05, 0.1) is 6.42 Å². The van der Waals surface area contributed by atoms with E-state index in [2.05, 4.69) is 0 Å². The Morgan fingerprint density at radius 3 is 1.55 bits per heavy atom. The lowest BCUT2D eigenvalue weighted by molar-refractivity contribution is -0.555. The van der Waals surface area contributed by atoms with Crippen LogP contribution in [0.5, 0.6) is 0 Å². The summed E-state index contributed by atoms with van der Waals surface area (Å²) < 4.78 is 0. The summed E-state index contributed by atoms with van der Waals surface area (Å²) in [7, 11) is 0. The molecule has 2 atom stereocenters. The minimum absolute atomic E-state index is 0.0139. The van der Waals surface area contributed by atoms with Crippen molar-refractivity contribution in [3.63, 3.8) is 0 Å². The summed E-state index contributed by atoms with van der Waals surface area (Å²) in [5.41, 5.74) is 0. The summed E-state index contributed by atoms with van der Waals surface area (Å²) in [6.45, 7) is 2.72. The van der Waals surface area contributed by atoms with Crippen LogP contribution in [0.1, 0.15) is 20.3 Å². The lowest BCUT2D eigenvalue weighted by Crippen LogP contribution is -2.25. The molecule has 0 heterocycles. The molecule has 6 heteroatoms. The highest BCUT2D eigenvalue weighted by Gasteiger charge is 2.23. The van der Waals surface area contributed by atoms with Gasteiger partial charge in [0, 0.05) is 23.7 Å². The summed E-state index contributed by atoms with van der Waals surface area (Å²) in [5.74, 6) is 0. The van der Waals surface area contributed by atoms with Crippen LogP contribution in [0.25, 0.3) is 0 Å². The average molecular weight is 162 g/mol. The molecular weight excluding hydrogens is 152 g/mol. The molecule has 0 saturated heterocycles. The molecule has 0 amide bonds. The fraction of sp³-hybridized carbons (Fsp3) is 1.00. The number of hydrogen-bond donors (Lipinski definition) is 0. The Morgan fingerprint density at radius 1 is 1.09 bits per heavy atom. The van der Waals surface area contributed by atoms with Crippen LogP contribution in [0.4, 0.5) is 0 Å². The topological polar surface area (TPSA) is 86.3 Å². The van der Waals surface area contributed by atoms with Gasteiger partial charge in [-0.15, -0.1) is 0 Å². The van der Waals surface area contributed by atoms with Crippen LogP contribution in [0.2, 0.25) is 0 Å². The normalized spacial score (nSPS) is 15.5. The molecule has 0 aliphatic heterocycles. The summed E-state index contributed by atoms with van der Waals surface area (Å²) in [6.07, 6.45) is -0.0139. The first-order valence-corrected chi connectivity index (χ1v) is 3.22. The van der Waals surface area contributed by atoms with Gasteiger partial charge >= 0.3 is 0 Å². The molecule has 0 spiro atoms. The zero-order valence-corrected chi connectivity index (χ0v) is 6.39. The van der Waals surface area contributed by atoms with E-state index in [4.69, 9.17) is 0 Å². The number of rotatable bonds is 4. The SMILES string of the molecule is CC(C[C@@H](C)[N+](=O)[O-])[N+](=O)[O-]. The zero-order valence-electron chi connectivity index (χ0n) is 6.39. The van der Waals surface area contributed by atoms with Gasteiger partial charge in [-0.1, -0.05) is 0 Å². The van der Waals surface area contributed by atoms with Crippen molar-refractivity contribution in [1.29, 1.82) is 0 Å². The predicted molar refractivity (Wildman–Crippen MR) is 37.5 cm³/mol. The minimum Gasteiger partial charge on any atom is -0.264 e. The van der Waals surface area contributed by atoms with E-state index in [1.165, 1.54) is 13.8 Å². The van der Waals surface area contributed by atoms with E-state index in [1.807, 2.05) is 0 Å². The highest BCUT2D eigenvalue weighted by molar-refractivity contribution is 4.54. The third kappa shape index (κ3) is 3.49. The quantitative estimate of drug-likeness (QED) is 0.449. The van der Waals surface area contributed by atoms with Crippen molar-refractivity contribution in [3.05, 3.63) is 20.2 Å². The second-order valence-corrected chi connectivity index (χ2v) is 2.50. The van der Waals surface area contributed by atoms with Gasteiger partial charge in [0.25, 0.3) is 0 Å². The van der Waals surface area contributed by atoms with Crippen molar-refractivity contribution >= 4 is 0 Å². The Hall–Kier alpha value is -1.20. The van der Waals surface area contributed by atoms with Crippen molar-refractivity contribution in [3.8, 4) is 0 Å². The highest BCUT2D eigenvalue weighted by Crippen LogP contribution is 2.02. The molecule has 1 unspecified atom stereocenters. The van der Waals surface area contributed by atoms with Crippen LogP contribution in [0.15, 0.2) is 0 Å². The molecule has 0 aromatic carbocycles. The molecule has 0 radical (unpaired) electrons. The van der Waals surface area contributed by atoms with E-state index in [0.717, 1.165) is 0 Å². The third-order valence-corrected chi connectivity index (χ3v) is 1.40. The molecule has 6 nitrogen and oxygen atoms in total. The van der Waals surface area contributed by atoms with Gasteiger partial charge in [-0.3, -0.25) is 20.2 Å². The van der Waals surface area contributed by atoms with Crippen molar-refractivity contribution < 1.29 is 9.85 Å². The molecule has 0 aromatic rings. The van der Waals surface area contributed by atoms with Crippen LogP contribution < -0.4 is 0 Å². The second-order valence-electron chi connectivity index (χ2n) is 2.50. The van der Waals surface area contributed by atoms with Gasteiger partial charge in [-0.25, -0.2) is 0 Å². The number of nitrogens with zero attached hydrogens (tertiary/aromatic N) is 2. The molecule has 64 valence electrons. The predicted octanol–water partition coefficient (Wildman–Crippen LogP) is 0.707. The van der Waals surface area contributed by atoms with Crippen LogP contribution in [0, 0.1) is 20.2 Å². The maximum Gasteiger partial charge on any atom is 0.216 e. The third-order valence-electron chi connectivity index (χ3n) is 1.40. The molecule has 0 saturated carbocycles. The Balaban J connectivity index is 3.84. The maximum absolute atomic E-state index is 10.0. The summed E-state index contributed by atoms with van der Waals surface area (Å²) in [6, 6.07) is -1.68. The Bertz CT molecular complexity index is 152. The standard InChI is InChI=1S/C5H10N2O4/c1-4(6(8)9)3-5(2)7(10)11/h4-5H,3H2,1-2H3/t4-,5?/m1/s1. The summed E-state index contributed by atoms with van der Waals surface area (Å²) in [5, 5.41) is 20.1. The Morgan fingerprint density at radius 2 is 1.36 bits per heavy atom. The molecule has 0 fully saturated rings. The monoisotopic (exact) mass is 162 g/mol. The van der Waals surface area contributed by atoms with E-state index < -0.39 is 21.9 Å². The molecule has 0 rings (SSSR count). The minimum atomic E-state index is -0.838. The first-order chi connectivity index (χ1) is 4.95. The zero-order chi connectivity index (χ0) is 9.02. The van der Waals surface area contributed by atoms with Crippen molar-refractivity contribution in [2.75, 3.05) is 0 Å². The van der Waals surface area contributed by atoms with Crippen molar-refractivity contribution in [1.82, 2.24) is 0 Å². The fourth-order valence-electron chi connectivity index (χ4n) is 0.666. The largest absolute Gasteiger partial charge is 0.264 e. The van der Waals surface area contributed by atoms with Gasteiger partial charge in [0.2, 0.25) is 12.1 Å². The van der Waals surface area contributed by atoms with Gasteiger partial charge in [0.15, 0.2) is 0 Å². The van der Waals surface area contributed by atoms with Gasteiger partial charge in [-0.05, 0) is 0 Å². The molecule has 0 aliphatic rings. The van der Waals surface area contributed by atoms with Gasteiger partial charge in [-0.2, -0.15) is 0 Å². The highest BCUT2D eigenvalue weighted by atomic mass is 16.6. The smallest absolute Gasteiger partial charge is 0.216 e. The van der Waals surface area contributed by atoms with E-state index >= 15 is 0 Å². The van der Waals surface area contributed by atoms with Crippen molar-refractivity contribution in [2.45, 2.75) is 32.4 Å². The molecular formula is C5H10N2O4. The van der Waals surface area contributed by atoms with E-state index in [0.29, 0.717) is 0 Å². The van der Waals surface area contributed by atoms with E-state index in [-0.39, 0.29) is 6.42 Å². The summed E-state index contributed by atoms with van der Waals surface area (Å²) in [4.78, 5) is 19.1. The Labute approximate surface area is 63.5 Å². The van der Waals surface area contributed by atoms with Crippen LogP contribution in [0.3, 0.4) is 0 Å². The first kappa shape index (κ1) is 9.80. The molecule has 11 heavy (non-hydrogen) atoms. The van der Waals surface area contributed by atoms with Crippen LogP contribution >= 0.6 is 0 Å². The van der Waals surface area contributed by atoms with E-state index in [1.54, 1.807) is 0 Å². The first-order valence-electron chi connectivity index (χ1n) is 3.22. The lowest BCUT2D eigenvalue weighted by Gasteiger charge is -2.04. The van der Waals surface area contributed by atoms with Crippen molar-refractivity contribution in [2.24, 2.45) is 0 Å². The van der Waals surface area contributed by atoms with Crippen LogP contribution in [-0.4, -0.2) is 21.9 Å². The number of hydrogen-bond acceptors (Lipinski definition) is 4. The van der Waals surface area contributed by atoms with E-state index in [9.17, 15) is 20.2 Å². The number of nitro groups is 2. The van der Waals surface area contributed by atoms with Gasteiger partial charge < -0.3 is 0 Å². The average Bonchev–Trinajstić information content (AvgIpc) is 1.87. The Kier molecular flexibility index (Phi) is 3.43. The molecule has 0 bridgehead atoms. The lowest BCUT2D eigenvalue weighted by atomic mass is 10.1. The summed E-state index contributed by atoms with van der Waals surface area (Å²) >= 11 is 0. The maximum atomic E-state index is 10.0. The fourth-order valence-corrected chi connectivity index (χ4v) is 0.666. The van der Waals surface area contributed by atoms with Crippen LogP contribution in [-0.2, 0) is 0 Å². The van der Waals surface area contributed by atoms with Gasteiger partial charge in [0.1, 0.15) is 0 Å².